The first kappa shape index (κ1) is 19.7. The minimum atomic E-state index is -0.0159. The van der Waals surface area contributed by atoms with Crippen LogP contribution < -0.4 is 10.2 Å². The van der Waals surface area contributed by atoms with Crippen molar-refractivity contribution in [3.8, 4) is 16.9 Å². The first-order valence-corrected chi connectivity index (χ1v) is 10.1. The zero-order chi connectivity index (χ0) is 20.4. The van der Waals surface area contributed by atoms with Gasteiger partial charge in [-0.15, -0.1) is 0 Å². The maximum Gasteiger partial charge on any atom is 0.200 e. The second-order valence-corrected chi connectivity index (χ2v) is 7.75. The first-order valence-electron chi connectivity index (χ1n) is 10.1. The van der Waals surface area contributed by atoms with E-state index in [1.807, 2.05) is 49.4 Å². The molecule has 1 aliphatic rings. The van der Waals surface area contributed by atoms with E-state index in [-0.39, 0.29) is 17.6 Å². The minimum absolute atomic E-state index is 0.0159. The molecule has 0 spiro atoms. The molecule has 3 aromatic rings. The summed E-state index contributed by atoms with van der Waals surface area (Å²) in [5.74, 6) is 1.32. The number of benzene rings is 2. The number of rotatable bonds is 5. The van der Waals surface area contributed by atoms with Crippen molar-refractivity contribution in [3.63, 3.8) is 0 Å². The molecule has 1 aliphatic heterocycles. The summed E-state index contributed by atoms with van der Waals surface area (Å²) in [7, 11) is 0. The molecule has 0 amide bonds. The van der Waals surface area contributed by atoms with Crippen molar-refractivity contribution in [2.45, 2.75) is 33.0 Å². The fourth-order valence-electron chi connectivity index (χ4n) is 4.07. The Morgan fingerprint density at radius 1 is 1.07 bits per heavy atom. The molecule has 0 aliphatic carbocycles. The Morgan fingerprint density at radius 2 is 1.79 bits per heavy atom. The van der Waals surface area contributed by atoms with Gasteiger partial charge in [0.2, 0.25) is 5.43 Å². The molecule has 1 aromatic heterocycles. The van der Waals surface area contributed by atoms with Gasteiger partial charge in [-0.1, -0.05) is 30.3 Å². The second kappa shape index (κ2) is 8.39. The van der Waals surface area contributed by atoms with Crippen LogP contribution in [0.15, 0.2) is 57.7 Å². The summed E-state index contributed by atoms with van der Waals surface area (Å²) in [4.78, 5) is 15.4. The summed E-state index contributed by atoms with van der Waals surface area (Å²) in [5, 5.41) is 0.567. The van der Waals surface area contributed by atoms with Crippen molar-refractivity contribution < 1.29 is 13.9 Å². The summed E-state index contributed by atoms with van der Waals surface area (Å²) >= 11 is 0. The van der Waals surface area contributed by atoms with Crippen LogP contribution in [0.5, 0.6) is 5.75 Å². The van der Waals surface area contributed by atoms with Gasteiger partial charge in [-0.2, -0.15) is 0 Å². The Bertz CT molecular complexity index is 1030. The summed E-state index contributed by atoms with van der Waals surface area (Å²) < 4.78 is 17.7. The van der Waals surface area contributed by atoms with E-state index < -0.39 is 0 Å². The number of hydrogen-bond acceptors (Lipinski definition) is 5. The highest BCUT2D eigenvalue weighted by molar-refractivity contribution is 5.83. The zero-order valence-corrected chi connectivity index (χ0v) is 17.2. The number of fused-ring (bicyclic) bond motifs is 1. The standard InChI is InChI=1S/C24H27NO4/c1-16-14-25(15-17(2)28-16)11-12-27-20-9-10-21-22(13-20)29-18(3)23(24(21)26)19-7-5-4-6-8-19/h4-10,13,16-17H,11-12,14-15H2,1-3H3/t16-,17-/m0/s1. The average Bonchev–Trinajstić information content (AvgIpc) is 2.68. The Labute approximate surface area is 170 Å². The Balaban J connectivity index is 1.50. The third-order valence-corrected chi connectivity index (χ3v) is 5.27. The predicted octanol–water partition coefficient (Wildman–Crippen LogP) is 4.26. The average molecular weight is 393 g/mol. The van der Waals surface area contributed by atoms with Gasteiger partial charge in [-0.3, -0.25) is 9.69 Å². The number of ether oxygens (including phenoxy) is 2. The molecule has 0 radical (unpaired) electrons. The highest BCUT2D eigenvalue weighted by Gasteiger charge is 2.21. The molecule has 2 aromatic carbocycles. The molecule has 4 rings (SSSR count). The first-order chi connectivity index (χ1) is 14.0. The molecule has 0 N–H and O–H groups in total. The predicted molar refractivity (Wildman–Crippen MR) is 115 cm³/mol. The normalized spacial score (nSPS) is 20.1. The number of nitrogens with zero attached hydrogens (tertiary/aromatic N) is 1. The van der Waals surface area contributed by atoms with Crippen LogP contribution in [0.25, 0.3) is 22.1 Å². The minimum Gasteiger partial charge on any atom is -0.492 e. The van der Waals surface area contributed by atoms with Gasteiger partial charge >= 0.3 is 0 Å². The molecule has 29 heavy (non-hydrogen) atoms. The summed E-state index contributed by atoms with van der Waals surface area (Å²) in [5.41, 5.74) is 2.02. The molecular formula is C24H27NO4. The maximum absolute atomic E-state index is 13.0. The third-order valence-electron chi connectivity index (χ3n) is 5.27. The van der Waals surface area contributed by atoms with Crippen LogP contribution in [0.4, 0.5) is 0 Å². The Morgan fingerprint density at radius 3 is 2.52 bits per heavy atom. The molecule has 0 saturated carbocycles. The van der Waals surface area contributed by atoms with E-state index in [0.29, 0.717) is 34.6 Å². The van der Waals surface area contributed by atoms with Gasteiger partial charge in [0.05, 0.1) is 23.2 Å². The lowest BCUT2D eigenvalue weighted by Gasteiger charge is -2.35. The van der Waals surface area contributed by atoms with Gasteiger partial charge in [-0.05, 0) is 38.5 Å². The van der Waals surface area contributed by atoms with Crippen LogP contribution in [0, 0.1) is 6.92 Å². The number of morpholine rings is 1. The van der Waals surface area contributed by atoms with E-state index in [2.05, 4.69) is 18.7 Å². The van der Waals surface area contributed by atoms with Crippen molar-refractivity contribution in [1.82, 2.24) is 4.90 Å². The third kappa shape index (κ3) is 4.36. The lowest BCUT2D eigenvalue weighted by atomic mass is 10.0. The molecule has 152 valence electrons. The fraction of sp³-hybridized carbons (Fsp3) is 0.375. The van der Waals surface area contributed by atoms with E-state index in [0.717, 1.165) is 25.2 Å². The Kier molecular flexibility index (Phi) is 5.69. The molecule has 1 saturated heterocycles. The van der Waals surface area contributed by atoms with E-state index in [1.165, 1.54) is 0 Å². The van der Waals surface area contributed by atoms with Gasteiger partial charge in [-0.25, -0.2) is 0 Å². The van der Waals surface area contributed by atoms with Crippen molar-refractivity contribution in [2.24, 2.45) is 0 Å². The molecular weight excluding hydrogens is 366 g/mol. The SMILES string of the molecule is Cc1oc2cc(OCCN3C[C@H](C)O[C@@H](C)C3)ccc2c(=O)c1-c1ccccc1. The zero-order valence-electron chi connectivity index (χ0n) is 17.2. The van der Waals surface area contributed by atoms with Gasteiger partial charge in [0.25, 0.3) is 0 Å². The summed E-state index contributed by atoms with van der Waals surface area (Å²) in [6.45, 7) is 9.28. The molecule has 1 fully saturated rings. The summed E-state index contributed by atoms with van der Waals surface area (Å²) in [6, 6.07) is 15.1. The topological polar surface area (TPSA) is 51.9 Å². The smallest absolute Gasteiger partial charge is 0.200 e. The van der Waals surface area contributed by atoms with Crippen LogP contribution >= 0.6 is 0 Å². The van der Waals surface area contributed by atoms with Gasteiger partial charge < -0.3 is 13.9 Å². The highest BCUT2D eigenvalue weighted by Crippen LogP contribution is 2.26. The van der Waals surface area contributed by atoms with Crippen LogP contribution in [-0.2, 0) is 4.74 Å². The van der Waals surface area contributed by atoms with Crippen LogP contribution in [-0.4, -0.2) is 43.3 Å². The van der Waals surface area contributed by atoms with Gasteiger partial charge in [0, 0.05) is 25.7 Å². The van der Waals surface area contributed by atoms with Gasteiger partial charge in [0.15, 0.2) is 0 Å². The molecule has 2 atom stereocenters. The molecule has 0 unspecified atom stereocenters. The lowest BCUT2D eigenvalue weighted by Crippen LogP contribution is -2.46. The van der Waals surface area contributed by atoms with Gasteiger partial charge in [0.1, 0.15) is 23.7 Å². The monoisotopic (exact) mass is 393 g/mol. The molecule has 2 heterocycles. The van der Waals surface area contributed by atoms with E-state index >= 15 is 0 Å². The maximum atomic E-state index is 13.0. The summed E-state index contributed by atoms with van der Waals surface area (Å²) in [6.07, 6.45) is 0.492. The van der Waals surface area contributed by atoms with Crippen molar-refractivity contribution >= 4 is 11.0 Å². The fourth-order valence-corrected chi connectivity index (χ4v) is 4.07. The van der Waals surface area contributed by atoms with Crippen LogP contribution in [0.3, 0.4) is 0 Å². The van der Waals surface area contributed by atoms with E-state index in [4.69, 9.17) is 13.9 Å². The molecule has 0 bridgehead atoms. The van der Waals surface area contributed by atoms with E-state index in [1.54, 1.807) is 6.07 Å². The quantitative estimate of drug-likeness (QED) is 0.648. The number of aryl methyl sites for hydroxylation is 1. The molecule has 5 nitrogen and oxygen atoms in total. The van der Waals surface area contributed by atoms with Crippen molar-refractivity contribution in [2.75, 3.05) is 26.2 Å². The van der Waals surface area contributed by atoms with Crippen molar-refractivity contribution in [3.05, 3.63) is 64.5 Å². The second-order valence-electron chi connectivity index (χ2n) is 7.75. The van der Waals surface area contributed by atoms with Crippen molar-refractivity contribution in [1.29, 1.82) is 0 Å². The Hall–Kier alpha value is -2.63. The van der Waals surface area contributed by atoms with Crippen LogP contribution in [0.1, 0.15) is 19.6 Å². The number of hydrogen-bond donors (Lipinski definition) is 0. The van der Waals surface area contributed by atoms with Crippen LogP contribution in [0.2, 0.25) is 0 Å². The lowest BCUT2D eigenvalue weighted by molar-refractivity contribution is -0.0699. The highest BCUT2D eigenvalue weighted by atomic mass is 16.5. The molecule has 5 heteroatoms. The van der Waals surface area contributed by atoms with E-state index in [9.17, 15) is 4.79 Å². The largest absolute Gasteiger partial charge is 0.492 e.